The third kappa shape index (κ3) is 4.29. The normalized spacial score (nSPS) is 11.0. The smallest absolute Gasteiger partial charge is 0.102 e. The predicted molar refractivity (Wildman–Crippen MR) is 72.3 cm³/mol. The van der Waals surface area contributed by atoms with E-state index < -0.39 is 5.60 Å². The summed E-state index contributed by atoms with van der Waals surface area (Å²) < 4.78 is 0. The highest BCUT2D eigenvalue weighted by molar-refractivity contribution is 7.99. The zero-order chi connectivity index (χ0) is 12.9. The highest BCUT2D eigenvalue weighted by Gasteiger charge is 2.14. The second-order valence-corrected chi connectivity index (χ2v) is 5.70. The van der Waals surface area contributed by atoms with Crippen molar-refractivity contribution < 1.29 is 5.11 Å². The molecular weight excluding hydrogens is 232 g/mol. The van der Waals surface area contributed by atoms with E-state index in [4.69, 9.17) is 0 Å². The Morgan fingerprint density at radius 1 is 1.47 bits per heavy atom. The zero-order valence-electron chi connectivity index (χ0n) is 10.4. The van der Waals surface area contributed by atoms with Crippen LogP contribution in [0.15, 0.2) is 23.1 Å². The van der Waals surface area contributed by atoms with Crippen molar-refractivity contribution in [1.29, 1.82) is 5.26 Å². The van der Waals surface area contributed by atoms with Gasteiger partial charge in [-0.3, -0.25) is 0 Å². The minimum Gasteiger partial charge on any atom is -0.389 e. The van der Waals surface area contributed by atoms with Crippen LogP contribution < -0.4 is 5.32 Å². The molecule has 0 amide bonds. The summed E-state index contributed by atoms with van der Waals surface area (Å²) in [6.45, 7) is 5.94. The summed E-state index contributed by atoms with van der Waals surface area (Å²) in [6, 6.07) is 7.95. The fourth-order valence-corrected chi connectivity index (χ4v) is 2.17. The summed E-state index contributed by atoms with van der Waals surface area (Å²) in [6.07, 6.45) is 0. The van der Waals surface area contributed by atoms with E-state index in [9.17, 15) is 10.4 Å². The molecular formula is C13H18N2OS. The van der Waals surface area contributed by atoms with E-state index in [1.807, 2.05) is 18.2 Å². The first-order valence-electron chi connectivity index (χ1n) is 5.60. The van der Waals surface area contributed by atoms with Gasteiger partial charge in [0.2, 0.25) is 0 Å². The van der Waals surface area contributed by atoms with Crippen LogP contribution in [-0.4, -0.2) is 23.0 Å². The number of rotatable bonds is 5. The van der Waals surface area contributed by atoms with Gasteiger partial charge in [-0.1, -0.05) is 13.0 Å². The van der Waals surface area contributed by atoms with Gasteiger partial charge in [0.1, 0.15) is 6.07 Å². The quantitative estimate of drug-likeness (QED) is 0.789. The van der Waals surface area contributed by atoms with Gasteiger partial charge >= 0.3 is 0 Å². The van der Waals surface area contributed by atoms with Crippen LogP contribution in [0.4, 0.5) is 5.69 Å². The lowest BCUT2D eigenvalue weighted by Gasteiger charge is -2.19. The maximum Gasteiger partial charge on any atom is 0.102 e. The minimum absolute atomic E-state index is 0.419. The summed E-state index contributed by atoms with van der Waals surface area (Å²) in [5.74, 6) is 0.934. The molecule has 0 spiro atoms. The molecule has 0 saturated carbocycles. The van der Waals surface area contributed by atoms with Crippen molar-refractivity contribution in [3.63, 3.8) is 0 Å². The Kier molecular flexibility index (Phi) is 4.86. The summed E-state index contributed by atoms with van der Waals surface area (Å²) >= 11 is 1.65. The SMILES string of the molecule is CCSc1cccc(NCC(C)(C)O)c1C#N. The number of nitriles is 1. The van der Waals surface area contributed by atoms with Crippen LogP contribution in [0.2, 0.25) is 0 Å². The largest absolute Gasteiger partial charge is 0.389 e. The van der Waals surface area contributed by atoms with Crippen molar-refractivity contribution in [2.45, 2.75) is 31.3 Å². The first-order chi connectivity index (χ1) is 7.98. The van der Waals surface area contributed by atoms with Gasteiger partial charge in [0.25, 0.3) is 0 Å². The molecule has 1 aromatic rings. The molecule has 2 N–H and O–H groups in total. The molecule has 0 aromatic heterocycles. The van der Waals surface area contributed by atoms with E-state index in [1.54, 1.807) is 25.6 Å². The summed E-state index contributed by atoms with van der Waals surface area (Å²) in [4.78, 5) is 0.982. The van der Waals surface area contributed by atoms with Gasteiger partial charge in [0.05, 0.1) is 16.9 Å². The molecule has 0 aliphatic rings. The molecule has 1 rings (SSSR count). The number of nitrogens with zero attached hydrogens (tertiary/aromatic N) is 1. The number of benzene rings is 1. The Balaban J connectivity index is 2.92. The number of aliphatic hydroxyl groups is 1. The van der Waals surface area contributed by atoms with Crippen LogP contribution in [0.25, 0.3) is 0 Å². The average Bonchev–Trinajstić information content (AvgIpc) is 2.26. The highest BCUT2D eigenvalue weighted by atomic mass is 32.2. The van der Waals surface area contributed by atoms with Crippen LogP contribution in [0, 0.1) is 11.3 Å². The highest BCUT2D eigenvalue weighted by Crippen LogP contribution is 2.28. The standard InChI is InChI=1S/C13H18N2OS/c1-4-17-12-7-5-6-11(10(12)8-14)15-9-13(2,3)16/h5-7,15-16H,4,9H2,1-3H3. The molecule has 1 aromatic carbocycles. The summed E-state index contributed by atoms with van der Waals surface area (Å²) in [5.41, 5.74) is 0.650. The molecule has 0 saturated heterocycles. The third-order valence-corrected chi connectivity index (χ3v) is 3.09. The van der Waals surface area contributed by atoms with E-state index in [2.05, 4.69) is 18.3 Å². The Morgan fingerprint density at radius 2 is 2.18 bits per heavy atom. The van der Waals surface area contributed by atoms with E-state index in [1.165, 1.54) is 0 Å². The number of thioether (sulfide) groups is 1. The molecule has 0 bridgehead atoms. The van der Waals surface area contributed by atoms with Crippen LogP contribution in [0.3, 0.4) is 0 Å². The van der Waals surface area contributed by atoms with Crippen molar-refractivity contribution in [1.82, 2.24) is 0 Å². The monoisotopic (exact) mass is 250 g/mol. The van der Waals surface area contributed by atoms with Gasteiger partial charge in [-0.25, -0.2) is 0 Å². The van der Waals surface area contributed by atoms with Crippen molar-refractivity contribution >= 4 is 17.4 Å². The first-order valence-corrected chi connectivity index (χ1v) is 6.58. The molecule has 0 aliphatic carbocycles. The van der Waals surface area contributed by atoms with Gasteiger partial charge in [-0.05, 0) is 31.7 Å². The number of hydrogen-bond acceptors (Lipinski definition) is 4. The van der Waals surface area contributed by atoms with Crippen LogP contribution in [-0.2, 0) is 0 Å². The second kappa shape index (κ2) is 5.95. The molecule has 0 aliphatic heterocycles. The van der Waals surface area contributed by atoms with Crippen LogP contribution in [0.1, 0.15) is 26.3 Å². The van der Waals surface area contributed by atoms with E-state index in [-0.39, 0.29) is 0 Å². The molecule has 0 heterocycles. The lowest BCUT2D eigenvalue weighted by Crippen LogP contribution is -2.29. The topological polar surface area (TPSA) is 56.0 Å². The van der Waals surface area contributed by atoms with Crippen molar-refractivity contribution in [2.24, 2.45) is 0 Å². The Hall–Kier alpha value is -1.18. The molecule has 92 valence electrons. The number of hydrogen-bond donors (Lipinski definition) is 2. The molecule has 4 heteroatoms. The van der Waals surface area contributed by atoms with Crippen molar-refractivity contribution in [3.8, 4) is 6.07 Å². The third-order valence-electron chi connectivity index (χ3n) is 2.15. The van der Waals surface area contributed by atoms with Gasteiger partial charge in [-0.2, -0.15) is 5.26 Å². The predicted octanol–water partition coefficient (Wildman–Crippen LogP) is 2.85. The van der Waals surface area contributed by atoms with Crippen LogP contribution >= 0.6 is 11.8 Å². The lowest BCUT2D eigenvalue weighted by molar-refractivity contribution is 0.0945. The van der Waals surface area contributed by atoms with Gasteiger partial charge in [0, 0.05) is 11.4 Å². The maximum absolute atomic E-state index is 9.66. The second-order valence-electron chi connectivity index (χ2n) is 4.39. The molecule has 0 radical (unpaired) electrons. The van der Waals surface area contributed by atoms with E-state index >= 15 is 0 Å². The van der Waals surface area contributed by atoms with Gasteiger partial charge < -0.3 is 10.4 Å². The van der Waals surface area contributed by atoms with Gasteiger partial charge in [-0.15, -0.1) is 11.8 Å². The van der Waals surface area contributed by atoms with Crippen molar-refractivity contribution in [3.05, 3.63) is 23.8 Å². The van der Waals surface area contributed by atoms with Crippen LogP contribution in [0.5, 0.6) is 0 Å². The lowest BCUT2D eigenvalue weighted by atomic mass is 10.1. The molecule has 3 nitrogen and oxygen atoms in total. The molecule has 0 atom stereocenters. The van der Waals surface area contributed by atoms with Gasteiger partial charge in [0.15, 0.2) is 0 Å². The minimum atomic E-state index is -0.791. The molecule has 0 unspecified atom stereocenters. The summed E-state index contributed by atoms with van der Waals surface area (Å²) in [7, 11) is 0. The zero-order valence-corrected chi connectivity index (χ0v) is 11.3. The van der Waals surface area contributed by atoms with E-state index in [0.29, 0.717) is 12.1 Å². The fourth-order valence-electron chi connectivity index (χ4n) is 1.38. The Bertz CT molecular complexity index is 418. The average molecular weight is 250 g/mol. The Morgan fingerprint density at radius 3 is 2.71 bits per heavy atom. The molecule has 17 heavy (non-hydrogen) atoms. The van der Waals surface area contributed by atoms with Crippen molar-refractivity contribution in [2.75, 3.05) is 17.6 Å². The number of anilines is 1. The molecule has 0 fully saturated rings. The summed E-state index contributed by atoms with van der Waals surface area (Å²) in [5, 5.41) is 22.0. The fraction of sp³-hybridized carbons (Fsp3) is 0.462. The maximum atomic E-state index is 9.66. The number of nitrogens with one attached hydrogen (secondary N) is 1. The van der Waals surface area contributed by atoms with E-state index in [0.717, 1.165) is 16.3 Å². The first kappa shape index (κ1) is 13.9. The Labute approximate surface area is 107 Å².